The van der Waals surface area contributed by atoms with Gasteiger partial charge >= 0.3 is 0 Å². The molecule has 8 nitrogen and oxygen atoms in total. The number of primary amides is 1. The molecule has 2 amide bonds. The summed E-state index contributed by atoms with van der Waals surface area (Å²) >= 11 is 0. The van der Waals surface area contributed by atoms with Gasteiger partial charge in [0, 0.05) is 28.9 Å². The summed E-state index contributed by atoms with van der Waals surface area (Å²) in [6, 6.07) is 12.8. The predicted octanol–water partition coefficient (Wildman–Crippen LogP) is 1.80. The number of amides is 2. The first-order chi connectivity index (χ1) is 13.9. The summed E-state index contributed by atoms with van der Waals surface area (Å²) in [6.45, 7) is -0.373. The van der Waals surface area contributed by atoms with Crippen LogP contribution in [0.5, 0.6) is 5.75 Å². The molecule has 1 aromatic heterocycles. The fourth-order valence-corrected chi connectivity index (χ4v) is 2.59. The fourth-order valence-electron chi connectivity index (χ4n) is 2.59. The molecule has 3 aromatic rings. The first-order valence-corrected chi connectivity index (χ1v) is 8.49. The maximum absolute atomic E-state index is 14.3. The van der Waals surface area contributed by atoms with E-state index in [4.69, 9.17) is 10.5 Å². The van der Waals surface area contributed by atoms with Crippen molar-refractivity contribution in [3.8, 4) is 17.0 Å². The van der Waals surface area contributed by atoms with E-state index in [9.17, 15) is 18.8 Å². The molecule has 0 aliphatic carbocycles. The minimum Gasteiger partial charge on any atom is -0.497 e. The molecule has 1 heterocycles. The van der Waals surface area contributed by atoms with E-state index in [-0.39, 0.29) is 17.8 Å². The zero-order valence-electron chi connectivity index (χ0n) is 15.4. The molecule has 0 saturated heterocycles. The average molecular weight is 396 g/mol. The highest BCUT2D eigenvalue weighted by Gasteiger charge is 2.12. The molecule has 0 unspecified atom stereocenters. The molecule has 148 valence electrons. The van der Waals surface area contributed by atoms with Crippen LogP contribution in [0.2, 0.25) is 0 Å². The number of hydrogen-bond acceptors (Lipinski definition) is 5. The summed E-state index contributed by atoms with van der Waals surface area (Å²) in [5, 5.41) is 6.67. The van der Waals surface area contributed by atoms with Crippen LogP contribution in [-0.2, 0) is 11.3 Å². The van der Waals surface area contributed by atoms with Crippen LogP contribution in [0.4, 0.5) is 10.1 Å². The highest BCUT2D eigenvalue weighted by molar-refractivity contribution is 5.94. The monoisotopic (exact) mass is 396 g/mol. The Morgan fingerprint density at radius 2 is 1.86 bits per heavy atom. The Labute approximate surface area is 164 Å². The topological polar surface area (TPSA) is 116 Å². The lowest BCUT2D eigenvalue weighted by Gasteiger charge is -2.09. The minimum absolute atomic E-state index is 0.169. The summed E-state index contributed by atoms with van der Waals surface area (Å²) < 4.78 is 20.2. The number of nitrogens with one attached hydrogen (secondary N) is 1. The summed E-state index contributed by atoms with van der Waals surface area (Å²) in [7, 11) is 1.42. The third-order valence-corrected chi connectivity index (χ3v) is 4.07. The van der Waals surface area contributed by atoms with E-state index in [1.165, 1.54) is 55.6 Å². The highest BCUT2D eigenvalue weighted by atomic mass is 19.1. The first kappa shape index (κ1) is 19.7. The number of hydrogen-bond donors (Lipinski definition) is 2. The molecule has 0 bridgehead atoms. The van der Waals surface area contributed by atoms with Gasteiger partial charge in [-0.25, -0.2) is 9.07 Å². The van der Waals surface area contributed by atoms with Crippen molar-refractivity contribution < 1.29 is 18.7 Å². The van der Waals surface area contributed by atoms with E-state index in [0.29, 0.717) is 17.0 Å². The van der Waals surface area contributed by atoms with Gasteiger partial charge in [0.05, 0.1) is 12.8 Å². The van der Waals surface area contributed by atoms with Crippen molar-refractivity contribution in [3.63, 3.8) is 0 Å². The van der Waals surface area contributed by atoms with Crippen LogP contribution in [0.1, 0.15) is 10.4 Å². The second-order valence-corrected chi connectivity index (χ2v) is 6.05. The van der Waals surface area contributed by atoms with Crippen molar-refractivity contribution in [2.45, 2.75) is 6.54 Å². The Bertz CT molecular complexity index is 1130. The number of anilines is 1. The lowest BCUT2D eigenvalue weighted by Crippen LogP contribution is -2.29. The predicted molar refractivity (Wildman–Crippen MR) is 104 cm³/mol. The van der Waals surface area contributed by atoms with Crippen molar-refractivity contribution in [1.82, 2.24) is 9.78 Å². The van der Waals surface area contributed by atoms with E-state index in [0.717, 1.165) is 4.68 Å². The summed E-state index contributed by atoms with van der Waals surface area (Å²) in [5.74, 6) is -1.32. The van der Waals surface area contributed by atoms with Crippen LogP contribution in [0.3, 0.4) is 0 Å². The molecule has 0 spiro atoms. The lowest BCUT2D eigenvalue weighted by atomic mass is 10.1. The standard InChI is InChI=1S/C20H17FN4O4/c1-29-14-6-7-15(16(21)10-14)17-8-9-19(27)25(24-17)11-18(26)23-13-4-2-12(3-5-13)20(22)28/h2-10H,11H2,1H3,(H2,22,28)(H,23,26). The van der Waals surface area contributed by atoms with Crippen LogP contribution in [0, 0.1) is 5.82 Å². The lowest BCUT2D eigenvalue weighted by molar-refractivity contribution is -0.117. The smallest absolute Gasteiger partial charge is 0.267 e. The van der Waals surface area contributed by atoms with Crippen molar-refractivity contribution in [3.05, 3.63) is 76.3 Å². The third kappa shape index (κ3) is 4.64. The average Bonchev–Trinajstić information content (AvgIpc) is 2.70. The summed E-state index contributed by atoms with van der Waals surface area (Å²) in [5.41, 5.74) is 5.74. The van der Waals surface area contributed by atoms with E-state index in [1.807, 2.05) is 0 Å². The number of ether oxygens (including phenoxy) is 1. The molecule has 0 aliphatic heterocycles. The summed E-state index contributed by atoms with van der Waals surface area (Å²) in [6.07, 6.45) is 0. The first-order valence-electron chi connectivity index (χ1n) is 8.49. The van der Waals surface area contributed by atoms with Crippen LogP contribution in [0.15, 0.2) is 59.4 Å². The zero-order chi connectivity index (χ0) is 21.0. The van der Waals surface area contributed by atoms with Crippen LogP contribution in [-0.4, -0.2) is 28.7 Å². The van der Waals surface area contributed by atoms with Gasteiger partial charge < -0.3 is 15.8 Å². The van der Waals surface area contributed by atoms with E-state index in [2.05, 4.69) is 10.4 Å². The fraction of sp³-hybridized carbons (Fsp3) is 0.100. The van der Waals surface area contributed by atoms with Gasteiger partial charge in [0.2, 0.25) is 11.8 Å². The molecule has 0 radical (unpaired) electrons. The number of methoxy groups -OCH3 is 1. The molecular formula is C20H17FN4O4. The van der Waals surface area contributed by atoms with Crippen LogP contribution in [0.25, 0.3) is 11.3 Å². The summed E-state index contributed by atoms with van der Waals surface area (Å²) in [4.78, 5) is 35.4. The molecule has 3 rings (SSSR count). The normalized spacial score (nSPS) is 10.4. The van der Waals surface area contributed by atoms with Crippen LogP contribution < -0.4 is 21.3 Å². The number of nitrogens with zero attached hydrogens (tertiary/aromatic N) is 2. The Morgan fingerprint density at radius 3 is 2.48 bits per heavy atom. The number of nitrogens with two attached hydrogens (primary N) is 1. The molecule has 2 aromatic carbocycles. The maximum Gasteiger partial charge on any atom is 0.267 e. The van der Waals surface area contributed by atoms with Gasteiger partial charge in [-0.05, 0) is 42.5 Å². The Hall–Kier alpha value is -4.01. The van der Waals surface area contributed by atoms with Gasteiger partial charge in [-0.3, -0.25) is 14.4 Å². The van der Waals surface area contributed by atoms with Crippen molar-refractivity contribution in [2.75, 3.05) is 12.4 Å². The van der Waals surface area contributed by atoms with E-state index < -0.39 is 23.2 Å². The van der Waals surface area contributed by atoms with E-state index >= 15 is 0 Å². The van der Waals surface area contributed by atoms with Gasteiger partial charge in [0.1, 0.15) is 18.1 Å². The second-order valence-electron chi connectivity index (χ2n) is 6.05. The maximum atomic E-state index is 14.3. The number of carbonyl (C=O) groups excluding carboxylic acids is 2. The minimum atomic E-state index is -0.582. The molecule has 0 atom stereocenters. The largest absolute Gasteiger partial charge is 0.497 e. The molecule has 0 fully saturated rings. The van der Waals surface area contributed by atoms with Gasteiger partial charge in [-0.15, -0.1) is 0 Å². The number of rotatable bonds is 6. The van der Waals surface area contributed by atoms with Gasteiger partial charge in [-0.2, -0.15) is 5.10 Å². The molecule has 0 saturated carbocycles. The zero-order valence-corrected chi connectivity index (χ0v) is 15.4. The van der Waals surface area contributed by atoms with E-state index in [1.54, 1.807) is 6.07 Å². The Balaban J connectivity index is 1.78. The molecule has 0 aliphatic rings. The quantitative estimate of drug-likeness (QED) is 0.659. The molecule has 9 heteroatoms. The van der Waals surface area contributed by atoms with Crippen molar-refractivity contribution in [1.29, 1.82) is 0 Å². The SMILES string of the molecule is COc1ccc(-c2ccc(=O)n(CC(=O)Nc3ccc(C(N)=O)cc3)n2)c(F)c1. The van der Waals surface area contributed by atoms with Crippen molar-refractivity contribution >= 4 is 17.5 Å². The highest BCUT2D eigenvalue weighted by Crippen LogP contribution is 2.24. The Kier molecular flexibility index (Phi) is 5.68. The molecule has 29 heavy (non-hydrogen) atoms. The second kappa shape index (κ2) is 8.34. The Morgan fingerprint density at radius 1 is 1.14 bits per heavy atom. The number of carbonyl (C=O) groups is 2. The number of halogens is 1. The number of benzene rings is 2. The number of aromatic nitrogens is 2. The van der Waals surface area contributed by atoms with Crippen molar-refractivity contribution in [2.24, 2.45) is 5.73 Å². The molecular weight excluding hydrogens is 379 g/mol. The van der Waals surface area contributed by atoms with Gasteiger partial charge in [-0.1, -0.05) is 0 Å². The molecule has 3 N–H and O–H groups in total. The van der Waals surface area contributed by atoms with Gasteiger partial charge in [0.25, 0.3) is 5.56 Å². The third-order valence-electron chi connectivity index (χ3n) is 4.07. The van der Waals surface area contributed by atoms with Gasteiger partial charge in [0.15, 0.2) is 0 Å². The van der Waals surface area contributed by atoms with Crippen LogP contribution >= 0.6 is 0 Å².